The summed E-state index contributed by atoms with van der Waals surface area (Å²) in [4.78, 5) is 22.5. The standard InChI is InChI=1S/C9H17NO4/c1-6(7(11)12)10(5)8(13)14-9(2,3)4/h6H,1-5H3,(H,11,12)/t6-/m0/s1/i1+1D3,5+1D3,6+1D,7+1. The molecule has 5 nitrogen and oxygen atoms in total. The normalized spacial score (nSPS) is 24.6. The third kappa shape index (κ3) is 4.11. The summed E-state index contributed by atoms with van der Waals surface area (Å²) < 4.78 is 55.2. The van der Waals surface area contributed by atoms with Gasteiger partial charge in [0.05, 0.1) is 1.37 Å². The smallest absolute Gasteiger partial charge is 0.410 e. The van der Waals surface area contributed by atoms with E-state index < -0.39 is 42.4 Å². The molecule has 0 aliphatic carbocycles. The van der Waals surface area contributed by atoms with Crippen molar-refractivity contribution in [3.63, 3.8) is 0 Å². The summed E-state index contributed by atoms with van der Waals surface area (Å²) in [5.74, 6) is -2.30. The zero-order valence-electron chi connectivity index (χ0n) is 15.1. The van der Waals surface area contributed by atoms with Crippen LogP contribution in [0.15, 0.2) is 0 Å². The number of carbonyl (C=O) groups excluding carboxylic acids is 1. The number of likely N-dealkylation sites (N-methyl/N-ethyl adjacent to an activating group) is 1. The van der Waals surface area contributed by atoms with Gasteiger partial charge in [-0.05, 0) is 27.6 Å². The van der Waals surface area contributed by atoms with Gasteiger partial charge in [0.2, 0.25) is 0 Å². The number of nitrogens with zero attached hydrogens (tertiary/aromatic N) is 1. The Morgan fingerprint density at radius 2 is 2.14 bits per heavy atom. The zero-order chi connectivity index (χ0) is 17.4. The molecule has 0 aromatic heterocycles. The number of rotatable bonds is 2. The summed E-state index contributed by atoms with van der Waals surface area (Å²) in [7, 11) is 0. The molecule has 0 heterocycles. The van der Waals surface area contributed by atoms with Gasteiger partial charge in [-0.3, -0.25) is 4.90 Å². The minimum absolute atomic E-state index is 0.555. The second-order valence-corrected chi connectivity index (χ2v) is 3.47. The van der Waals surface area contributed by atoms with E-state index in [4.69, 9.17) is 19.4 Å². The van der Waals surface area contributed by atoms with Gasteiger partial charge in [-0.15, -0.1) is 0 Å². The van der Waals surface area contributed by atoms with Crippen LogP contribution < -0.4 is 0 Å². The number of aliphatic carboxylic acids is 1. The molecule has 1 atom stereocenters. The van der Waals surface area contributed by atoms with Crippen molar-refractivity contribution in [3.8, 4) is 0 Å². The van der Waals surface area contributed by atoms with E-state index in [-0.39, 0.29) is 0 Å². The fourth-order valence-electron chi connectivity index (χ4n) is 0.495. The van der Waals surface area contributed by atoms with Crippen LogP contribution in [0.1, 0.15) is 37.2 Å². The maximum Gasteiger partial charge on any atom is 0.410 e. The first kappa shape index (κ1) is 5.00. The second kappa shape index (κ2) is 4.30. The molecule has 1 amide bonds. The summed E-state index contributed by atoms with van der Waals surface area (Å²) in [6.45, 7) is -2.96. The monoisotopic (exact) mass is 214 g/mol. The topological polar surface area (TPSA) is 66.8 Å². The highest BCUT2D eigenvalue weighted by atomic mass is 16.6. The average Bonchev–Trinajstić information content (AvgIpc) is 2.09. The fraction of sp³-hybridized carbons (Fsp3) is 0.778. The summed E-state index contributed by atoms with van der Waals surface area (Å²) >= 11 is 0. The summed E-state index contributed by atoms with van der Waals surface area (Å²) in [5, 5.41) is 9.00. The van der Waals surface area contributed by atoms with Crippen LogP contribution in [0.25, 0.3) is 0 Å². The van der Waals surface area contributed by atoms with Crippen LogP contribution in [0.4, 0.5) is 4.79 Å². The molecule has 14 heavy (non-hydrogen) atoms. The van der Waals surface area contributed by atoms with Crippen molar-refractivity contribution in [1.29, 1.82) is 0 Å². The van der Waals surface area contributed by atoms with Crippen LogP contribution in [-0.4, -0.2) is 40.7 Å². The maximum absolute atomic E-state index is 11.9. The highest BCUT2D eigenvalue weighted by Crippen LogP contribution is 2.10. The molecule has 0 rings (SSSR count). The van der Waals surface area contributed by atoms with Gasteiger partial charge in [-0.1, -0.05) is 0 Å². The number of carboxylic acids is 1. The minimum Gasteiger partial charge on any atom is -0.480 e. The Morgan fingerprint density at radius 3 is 2.43 bits per heavy atom. The highest BCUT2D eigenvalue weighted by Gasteiger charge is 2.26. The second-order valence-electron chi connectivity index (χ2n) is 3.47. The molecule has 0 spiro atoms. The molecule has 0 aromatic carbocycles. The van der Waals surface area contributed by atoms with Crippen molar-refractivity contribution >= 4 is 12.1 Å². The lowest BCUT2D eigenvalue weighted by atomic mass is 10.2. The van der Waals surface area contributed by atoms with E-state index in [0.29, 0.717) is 0 Å². The molecule has 0 saturated carbocycles. The molecule has 0 radical (unpaired) electrons. The van der Waals surface area contributed by atoms with Gasteiger partial charge < -0.3 is 9.84 Å². The molecule has 0 fully saturated rings. The molecule has 0 aromatic rings. The maximum atomic E-state index is 11.9. The molecule has 0 aliphatic rings. The fourth-order valence-corrected chi connectivity index (χ4v) is 0.495. The SMILES string of the molecule is [2H][13C]([2H])([2H])N(C(=O)OC(C)(C)C)[13C@]([2H])([13C](=O)O)[13C]([2H])([2H])[2H]. The number of amides is 1. The Bertz CT molecular complexity index is 425. The Labute approximate surface area is 93.5 Å². The van der Waals surface area contributed by atoms with Gasteiger partial charge in [0.25, 0.3) is 0 Å². The predicted octanol–water partition coefficient (Wildman–Crippen LogP) is 1.33. The summed E-state index contributed by atoms with van der Waals surface area (Å²) in [6.07, 6.45) is -1.73. The molecular formula is C9H17NO4. The molecule has 5 heteroatoms. The number of carbonyl (C=O) groups is 2. The number of ether oxygens (including phenoxy) is 1. The van der Waals surface area contributed by atoms with Crippen molar-refractivity contribution in [2.75, 3.05) is 6.98 Å². The van der Waals surface area contributed by atoms with Crippen LogP contribution in [-0.2, 0) is 9.53 Å². The number of hydrogen-bond donors (Lipinski definition) is 1. The van der Waals surface area contributed by atoms with E-state index in [1.54, 1.807) is 0 Å². The first-order valence-corrected chi connectivity index (χ1v) is 3.71. The molecule has 0 bridgehead atoms. The van der Waals surface area contributed by atoms with Crippen molar-refractivity contribution in [2.45, 2.75) is 39.2 Å². The van der Waals surface area contributed by atoms with Crippen molar-refractivity contribution in [1.82, 2.24) is 4.90 Å². The van der Waals surface area contributed by atoms with Crippen LogP contribution >= 0.6 is 0 Å². The van der Waals surface area contributed by atoms with E-state index in [1.807, 2.05) is 0 Å². The van der Waals surface area contributed by atoms with Gasteiger partial charge >= 0.3 is 12.1 Å². The molecule has 0 aliphatic heterocycles. The summed E-state index contributed by atoms with van der Waals surface area (Å²) in [5.41, 5.74) is -1.20. The van der Waals surface area contributed by atoms with Crippen LogP contribution in [0.5, 0.6) is 0 Å². The lowest BCUT2D eigenvalue weighted by molar-refractivity contribution is -0.141. The van der Waals surface area contributed by atoms with E-state index in [9.17, 15) is 9.59 Å². The Kier molecular flexibility index (Phi) is 1.54. The van der Waals surface area contributed by atoms with E-state index >= 15 is 0 Å². The minimum atomic E-state index is -3.71. The van der Waals surface area contributed by atoms with Gasteiger partial charge in [0.15, 0.2) is 0 Å². The molecule has 82 valence electrons. The van der Waals surface area contributed by atoms with E-state index in [1.165, 1.54) is 20.8 Å². The van der Waals surface area contributed by atoms with Crippen LogP contribution in [0.3, 0.4) is 0 Å². The van der Waals surface area contributed by atoms with Crippen molar-refractivity contribution < 1.29 is 29.0 Å². The highest BCUT2D eigenvalue weighted by molar-refractivity contribution is 5.79. The molecular weight excluding hydrogens is 190 g/mol. The Hall–Kier alpha value is -1.26. The largest absolute Gasteiger partial charge is 0.480 e. The Balaban J connectivity index is 6.05. The van der Waals surface area contributed by atoms with Gasteiger partial charge in [-0.2, -0.15) is 0 Å². The van der Waals surface area contributed by atoms with Crippen LogP contribution in [0, 0.1) is 0 Å². The van der Waals surface area contributed by atoms with Crippen molar-refractivity contribution in [3.05, 3.63) is 0 Å². The Morgan fingerprint density at radius 1 is 1.57 bits per heavy atom. The third-order valence-electron chi connectivity index (χ3n) is 1.00. The lowest BCUT2D eigenvalue weighted by Gasteiger charge is -2.26. The third-order valence-corrected chi connectivity index (χ3v) is 1.00. The van der Waals surface area contributed by atoms with E-state index in [2.05, 4.69) is 0 Å². The van der Waals surface area contributed by atoms with Gasteiger partial charge in [-0.25, -0.2) is 9.59 Å². The van der Waals surface area contributed by atoms with Crippen LogP contribution in [0.2, 0.25) is 0 Å². The van der Waals surface area contributed by atoms with Gasteiger partial charge in [0, 0.05) is 15.2 Å². The first-order chi connectivity index (χ1) is 8.94. The number of carboxylic acid groups (broad SMARTS) is 1. The van der Waals surface area contributed by atoms with Crippen molar-refractivity contribution in [2.24, 2.45) is 0 Å². The molecule has 0 unspecified atom stereocenters. The predicted molar refractivity (Wildman–Crippen MR) is 51.1 cm³/mol. The summed E-state index contributed by atoms with van der Waals surface area (Å²) in [6, 6.07) is -3.71. The number of hydrogen-bond acceptors (Lipinski definition) is 3. The lowest BCUT2D eigenvalue weighted by Crippen LogP contribution is -2.43. The molecule has 1 N–H and O–H groups in total. The van der Waals surface area contributed by atoms with Gasteiger partial charge in [0.1, 0.15) is 11.6 Å². The molecule has 0 saturated heterocycles. The first-order valence-electron chi connectivity index (χ1n) is 7.21. The average molecular weight is 214 g/mol. The van der Waals surface area contributed by atoms with E-state index in [0.717, 1.165) is 0 Å². The quantitative estimate of drug-likeness (QED) is 0.704. The zero-order valence-corrected chi connectivity index (χ0v) is 8.12.